The third kappa shape index (κ3) is 4.31. The van der Waals surface area contributed by atoms with Gasteiger partial charge in [-0.3, -0.25) is 4.79 Å². The number of thiophene rings is 1. The molecule has 168 valence electrons. The summed E-state index contributed by atoms with van der Waals surface area (Å²) in [5.41, 5.74) is 0.937. The molecule has 31 heavy (non-hydrogen) atoms. The van der Waals surface area contributed by atoms with Gasteiger partial charge in [-0.15, -0.1) is 11.3 Å². The van der Waals surface area contributed by atoms with E-state index in [-0.39, 0.29) is 24.4 Å². The zero-order chi connectivity index (χ0) is 22.0. The molecule has 1 amide bonds. The fraction of sp³-hybridized carbons (Fsp3) is 0.500. The summed E-state index contributed by atoms with van der Waals surface area (Å²) in [5, 5.41) is 1.76. The molecule has 0 bridgehead atoms. The van der Waals surface area contributed by atoms with Gasteiger partial charge >= 0.3 is 0 Å². The van der Waals surface area contributed by atoms with Gasteiger partial charge in [0, 0.05) is 25.2 Å². The lowest BCUT2D eigenvalue weighted by Crippen LogP contribution is -2.46. The second kappa shape index (κ2) is 9.18. The monoisotopic (exact) mass is 464 g/mol. The number of methoxy groups -OCH3 is 2. The van der Waals surface area contributed by atoms with Crippen molar-refractivity contribution in [3.05, 3.63) is 41.3 Å². The Morgan fingerprint density at radius 2 is 1.90 bits per heavy atom. The van der Waals surface area contributed by atoms with Gasteiger partial charge in [0.15, 0.2) is 0 Å². The van der Waals surface area contributed by atoms with Crippen molar-refractivity contribution in [1.29, 1.82) is 0 Å². The highest BCUT2D eigenvalue weighted by Gasteiger charge is 2.39. The molecule has 0 unspecified atom stereocenters. The number of sulfonamides is 1. The first-order valence-electron chi connectivity index (χ1n) is 10.5. The molecule has 3 heterocycles. The van der Waals surface area contributed by atoms with Crippen molar-refractivity contribution in [3.8, 4) is 11.5 Å². The third-order valence-electron chi connectivity index (χ3n) is 6.15. The lowest BCUT2D eigenvalue weighted by molar-refractivity contribution is -0.137. The molecular formula is C22H28N2O5S2. The molecule has 4 rings (SSSR count). The van der Waals surface area contributed by atoms with Crippen LogP contribution in [-0.2, 0) is 14.8 Å². The van der Waals surface area contributed by atoms with Gasteiger partial charge < -0.3 is 14.4 Å². The van der Waals surface area contributed by atoms with Crippen LogP contribution < -0.4 is 9.47 Å². The lowest BCUT2D eigenvalue weighted by Gasteiger charge is -2.35. The summed E-state index contributed by atoms with van der Waals surface area (Å²) in [7, 11) is -0.305. The molecule has 2 aromatic rings. The van der Waals surface area contributed by atoms with Gasteiger partial charge in [-0.2, -0.15) is 4.31 Å². The predicted molar refractivity (Wildman–Crippen MR) is 119 cm³/mol. The molecule has 0 radical (unpaired) electrons. The summed E-state index contributed by atoms with van der Waals surface area (Å²) in [6.07, 6.45) is 3.13. The van der Waals surface area contributed by atoms with Crippen molar-refractivity contribution < 1.29 is 22.7 Å². The van der Waals surface area contributed by atoms with E-state index in [0.717, 1.165) is 29.9 Å². The van der Waals surface area contributed by atoms with Gasteiger partial charge in [-0.05, 0) is 55.3 Å². The molecule has 2 aliphatic rings. The van der Waals surface area contributed by atoms with E-state index in [1.165, 1.54) is 15.6 Å². The van der Waals surface area contributed by atoms with E-state index in [2.05, 4.69) is 0 Å². The maximum absolute atomic E-state index is 13.5. The Bertz CT molecular complexity index is 1020. The topological polar surface area (TPSA) is 76.2 Å². The maximum Gasteiger partial charge on any atom is 0.252 e. The minimum Gasteiger partial charge on any atom is -0.497 e. The van der Waals surface area contributed by atoms with Crippen LogP contribution in [0.15, 0.2) is 39.9 Å². The van der Waals surface area contributed by atoms with E-state index < -0.39 is 10.0 Å². The van der Waals surface area contributed by atoms with Crippen LogP contribution in [0.3, 0.4) is 0 Å². The van der Waals surface area contributed by atoms with Crippen LogP contribution in [0.1, 0.15) is 37.3 Å². The summed E-state index contributed by atoms with van der Waals surface area (Å²) in [6, 6.07) is 8.91. The van der Waals surface area contributed by atoms with Gasteiger partial charge in [-0.25, -0.2) is 8.42 Å². The van der Waals surface area contributed by atoms with Crippen LogP contribution in [0.25, 0.3) is 0 Å². The van der Waals surface area contributed by atoms with Gasteiger partial charge in [-0.1, -0.05) is 6.07 Å². The molecule has 2 saturated heterocycles. The molecule has 9 heteroatoms. The Kier molecular flexibility index (Phi) is 6.55. The van der Waals surface area contributed by atoms with Crippen LogP contribution in [0, 0.1) is 5.92 Å². The number of carbonyl (C=O) groups excluding carboxylic acids is 1. The number of hydrogen-bond donors (Lipinski definition) is 0. The highest BCUT2D eigenvalue weighted by Crippen LogP contribution is 2.40. The van der Waals surface area contributed by atoms with E-state index in [9.17, 15) is 13.2 Å². The largest absolute Gasteiger partial charge is 0.497 e. The van der Waals surface area contributed by atoms with Gasteiger partial charge in [0.1, 0.15) is 15.7 Å². The van der Waals surface area contributed by atoms with Crippen LogP contribution in [-0.4, -0.2) is 57.4 Å². The Hall–Kier alpha value is -2.10. The minimum absolute atomic E-state index is 0.0263. The molecule has 2 fully saturated rings. The first kappa shape index (κ1) is 22.1. The Labute approximate surface area is 187 Å². The van der Waals surface area contributed by atoms with Gasteiger partial charge in [0.25, 0.3) is 10.0 Å². The summed E-state index contributed by atoms with van der Waals surface area (Å²) in [6.45, 7) is 1.35. The molecular weight excluding hydrogens is 436 g/mol. The van der Waals surface area contributed by atoms with Crippen molar-refractivity contribution in [2.45, 2.75) is 35.9 Å². The van der Waals surface area contributed by atoms with E-state index in [4.69, 9.17) is 9.47 Å². The molecule has 7 nitrogen and oxygen atoms in total. The Balaban J connectivity index is 1.55. The van der Waals surface area contributed by atoms with Crippen molar-refractivity contribution in [2.24, 2.45) is 5.92 Å². The fourth-order valence-corrected chi connectivity index (χ4v) is 7.26. The fourth-order valence-electron chi connectivity index (χ4n) is 4.59. The van der Waals surface area contributed by atoms with Gasteiger partial charge in [0.2, 0.25) is 5.91 Å². The number of ether oxygens (including phenoxy) is 2. The number of piperidine rings is 1. The van der Waals surface area contributed by atoms with Crippen LogP contribution in [0.2, 0.25) is 0 Å². The van der Waals surface area contributed by atoms with Crippen LogP contribution >= 0.6 is 11.3 Å². The van der Waals surface area contributed by atoms with Crippen molar-refractivity contribution in [2.75, 3.05) is 33.9 Å². The van der Waals surface area contributed by atoms with E-state index in [1.54, 1.807) is 31.7 Å². The summed E-state index contributed by atoms with van der Waals surface area (Å²) in [4.78, 5) is 15.4. The number of carbonyl (C=O) groups is 1. The maximum atomic E-state index is 13.5. The number of amides is 1. The molecule has 1 aromatic heterocycles. The van der Waals surface area contributed by atoms with Crippen LogP contribution in [0.5, 0.6) is 11.5 Å². The summed E-state index contributed by atoms with van der Waals surface area (Å²) in [5.74, 6) is 1.15. The molecule has 0 saturated carbocycles. The smallest absolute Gasteiger partial charge is 0.252 e. The molecule has 1 aromatic carbocycles. The number of likely N-dealkylation sites (tertiary alicyclic amines) is 1. The van der Waals surface area contributed by atoms with E-state index in [1.807, 2.05) is 23.1 Å². The van der Waals surface area contributed by atoms with Crippen LogP contribution in [0.4, 0.5) is 0 Å². The number of nitrogens with zero attached hydrogens (tertiary/aromatic N) is 2. The molecule has 2 aliphatic heterocycles. The second-order valence-corrected chi connectivity index (χ2v) is 11.0. The van der Waals surface area contributed by atoms with Crippen molar-refractivity contribution in [1.82, 2.24) is 9.21 Å². The summed E-state index contributed by atoms with van der Waals surface area (Å²) >= 11 is 1.21. The lowest BCUT2D eigenvalue weighted by atomic mass is 9.96. The quantitative estimate of drug-likeness (QED) is 0.654. The van der Waals surface area contributed by atoms with Crippen molar-refractivity contribution >= 4 is 27.3 Å². The zero-order valence-electron chi connectivity index (χ0n) is 17.8. The first-order valence-corrected chi connectivity index (χ1v) is 12.8. The molecule has 2 atom stereocenters. The molecule has 0 spiro atoms. The average molecular weight is 465 g/mol. The SMILES string of the molecule is COc1ccc(OC)c([C@@H]2CCCN2C(=O)[C@@H]2CCCN(S(=O)(=O)c3cccs3)C2)c1. The number of rotatable bonds is 6. The highest BCUT2D eigenvalue weighted by molar-refractivity contribution is 7.91. The number of hydrogen-bond acceptors (Lipinski definition) is 6. The van der Waals surface area contributed by atoms with Crippen molar-refractivity contribution in [3.63, 3.8) is 0 Å². The molecule has 0 aliphatic carbocycles. The highest BCUT2D eigenvalue weighted by atomic mass is 32.2. The normalized spacial score (nSPS) is 22.5. The van der Waals surface area contributed by atoms with Gasteiger partial charge in [0.05, 0.1) is 26.2 Å². The first-order chi connectivity index (χ1) is 15.0. The van der Waals surface area contributed by atoms with E-state index in [0.29, 0.717) is 30.1 Å². The van der Waals surface area contributed by atoms with E-state index >= 15 is 0 Å². The molecule has 0 N–H and O–H groups in total. The second-order valence-electron chi connectivity index (χ2n) is 7.93. The predicted octanol–water partition coefficient (Wildman–Crippen LogP) is 3.53. The minimum atomic E-state index is -3.55. The standard InChI is InChI=1S/C22H28N2O5S2/c1-28-17-9-10-20(29-2)18(14-17)19-7-4-12-24(19)22(25)16-6-3-11-23(15-16)31(26,27)21-8-5-13-30-21/h5,8-10,13-14,16,19H,3-4,6-7,11-12,15H2,1-2H3/t16-,19+/m1/s1. The number of benzene rings is 1. The average Bonchev–Trinajstić information content (AvgIpc) is 3.51. The third-order valence-corrected chi connectivity index (χ3v) is 9.39. The Morgan fingerprint density at radius 1 is 1.10 bits per heavy atom. The summed E-state index contributed by atoms with van der Waals surface area (Å²) < 4.78 is 38.7. The Morgan fingerprint density at radius 3 is 2.61 bits per heavy atom. The zero-order valence-corrected chi connectivity index (χ0v) is 19.5.